The number of rotatable bonds is 9. The molecule has 0 amide bonds. The molecule has 1 aliphatic carbocycles. The zero-order chi connectivity index (χ0) is 19.1. The van der Waals surface area contributed by atoms with Crippen LogP contribution in [0.25, 0.3) is 5.57 Å². The maximum absolute atomic E-state index is 3.99. The molecule has 0 spiro atoms. The smallest absolute Gasteiger partial charge is 0.0971 e. The summed E-state index contributed by atoms with van der Waals surface area (Å²) in [7, 11) is 0. The molecule has 3 rings (SSSR count). The van der Waals surface area contributed by atoms with Crippen molar-refractivity contribution in [3.63, 3.8) is 0 Å². The number of hydrogen-bond acceptors (Lipinski definition) is 0. The van der Waals surface area contributed by atoms with Crippen molar-refractivity contribution < 1.29 is 4.48 Å². The maximum Gasteiger partial charge on any atom is 0.0971 e. The van der Waals surface area contributed by atoms with Gasteiger partial charge in [-0.05, 0) is 55.0 Å². The van der Waals surface area contributed by atoms with Crippen molar-refractivity contribution in [1.29, 1.82) is 0 Å². The lowest BCUT2D eigenvalue weighted by Gasteiger charge is -2.35. The highest BCUT2D eigenvalue weighted by Gasteiger charge is 2.26. The van der Waals surface area contributed by atoms with Crippen LogP contribution in [-0.2, 0) is 6.42 Å². The van der Waals surface area contributed by atoms with Gasteiger partial charge in [0.15, 0.2) is 0 Å². The first-order valence-electron chi connectivity index (χ1n) is 10.5. The van der Waals surface area contributed by atoms with Crippen LogP contribution in [0.1, 0.15) is 49.3 Å². The molecule has 1 aliphatic rings. The van der Waals surface area contributed by atoms with Gasteiger partial charge in [-0.2, -0.15) is 0 Å². The van der Waals surface area contributed by atoms with Gasteiger partial charge in [0.2, 0.25) is 0 Å². The predicted molar refractivity (Wildman–Crippen MR) is 118 cm³/mol. The van der Waals surface area contributed by atoms with E-state index in [1.807, 2.05) is 0 Å². The molecule has 27 heavy (non-hydrogen) atoms. The summed E-state index contributed by atoms with van der Waals surface area (Å²) >= 11 is 0. The highest BCUT2D eigenvalue weighted by molar-refractivity contribution is 5.73. The zero-order valence-corrected chi connectivity index (χ0v) is 17.0. The second-order valence-electron chi connectivity index (χ2n) is 7.77. The number of nitrogens with zero attached hydrogens (tertiary/aromatic N) is 1. The first kappa shape index (κ1) is 19.6. The van der Waals surface area contributed by atoms with Crippen LogP contribution in [0.15, 0.2) is 73.3 Å². The van der Waals surface area contributed by atoms with Crippen LogP contribution in [-0.4, -0.2) is 30.7 Å². The Hall–Kier alpha value is -2.12. The van der Waals surface area contributed by atoms with E-state index in [0.29, 0.717) is 5.92 Å². The van der Waals surface area contributed by atoms with Crippen molar-refractivity contribution in [2.24, 2.45) is 0 Å². The lowest BCUT2D eigenvalue weighted by Crippen LogP contribution is -2.48. The van der Waals surface area contributed by atoms with Gasteiger partial charge in [0.05, 0.1) is 26.2 Å². The summed E-state index contributed by atoms with van der Waals surface area (Å²) in [5, 5.41) is 0. The molecule has 1 atom stereocenters. The second kappa shape index (κ2) is 9.19. The van der Waals surface area contributed by atoms with Crippen molar-refractivity contribution in [3.8, 4) is 0 Å². The average Bonchev–Trinajstić information content (AvgIpc) is 3.15. The van der Waals surface area contributed by atoms with Crippen LogP contribution in [0.5, 0.6) is 0 Å². The molecule has 0 aromatic heterocycles. The third-order valence-electron chi connectivity index (χ3n) is 6.44. The van der Waals surface area contributed by atoms with E-state index in [4.69, 9.17) is 0 Å². The van der Waals surface area contributed by atoms with Gasteiger partial charge in [-0.3, -0.25) is 0 Å². The van der Waals surface area contributed by atoms with Crippen LogP contribution >= 0.6 is 0 Å². The fraction of sp³-hybridized carbons (Fsp3) is 0.385. The van der Waals surface area contributed by atoms with Gasteiger partial charge in [-0.15, -0.1) is 0 Å². The summed E-state index contributed by atoms with van der Waals surface area (Å²) in [4.78, 5) is 0. The third kappa shape index (κ3) is 4.42. The maximum atomic E-state index is 3.99. The molecule has 2 aromatic rings. The Morgan fingerprint density at radius 2 is 1.74 bits per heavy atom. The molecule has 0 radical (unpaired) electrons. The molecule has 1 heteroatoms. The van der Waals surface area contributed by atoms with Gasteiger partial charge in [0, 0.05) is 12.3 Å². The van der Waals surface area contributed by atoms with Gasteiger partial charge in [-0.25, -0.2) is 0 Å². The minimum absolute atomic E-state index is 0.535. The van der Waals surface area contributed by atoms with E-state index in [1.165, 1.54) is 54.7 Å². The fourth-order valence-electron chi connectivity index (χ4n) is 4.63. The fourth-order valence-corrected chi connectivity index (χ4v) is 4.63. The van der Waals surface area contributed by atoms with E-state index < -0.39 is 0 Å². The molecule has 2 aromatic carbocycles. The molecule has 0 heterocycles. The van der Waals surface area contributed by atoms with Crippen molar-refractivity contribution in [2.75, 3.05) is 26.2 Å². The first-order chi connectivity index (χ1) is 13.2. The Labute approximate surface area is 165 Å². The topological polar surface area (TPSA) is 0 Å². The summed E-state index contributed by atoms with van der Waals surface area (Å²) in [6.45, 7) is 13.2. The van der Waals surface area contributed by atoms with Gasteiger partial charge in [-0.1, -0.05) is 67.3 Å². The number of likely N-dealkylation sites (N-methyl/N-ethyl adjacent to an activating group) is 1. The molecule has 0 fully saturated rings. The number of quaternary nitrogens is 1. The molecule has 0 saturated carbocycles. The Bertz CT molecular complexity index is 768. The number of benzene rings is 2. The lowest BCUT2D eigenvalue weighted by atomic mass is 9.87. The Balaban J connectivity index is 1.88. The van der Waals surface area contributed by atoms with Gasteiger partial charge in [0.1, 0.15) is 0 Å². The summed E-state index contributed by atoms with van der Waals surface area (Å²) in [5.41, 5.74) is 5.96. The SMILES string of the molecule is C=CC[N+](CC)(CC)CCC=C(c1ccccc1)C1CCc2ccccc21. The quantitative estimate of drug-likeness (QED) is 0.367. The lowest BCUT2D eigenvalue weighted by molar-refractivity contribution is -0.919. The van der Waals surface area contributed by atoms with Gasteiger partial charge >= 0.3 is 0 Å². The van der Waals surface area contributed by atoms with E-state index >= 15 is 0 Å². The Morgan fingerprint density at radius 1 is 1.04 bits per heavy atom. The third-order valence-corrected chi connectivity index (χ3v) is 6.44. The summed E-state index contributed by atoms with van der Waals surface area (Å²) in [5.74, 6) is 0.535. The highest BCUT2D eigenvalue weighted by atomic mass is 15.3. The molecule has 0 N–H and O–H groups in total. The Kier molecular flexibility index (Phi) is 6.68. The number of hydrogen-bond donors (Lipinski definition) is 0. The predicted octanol–water partition coefficient (Wildman–Crippen LogP) is 6.23. The van der Waals surface area contributed by atoms with Crippen LogP contribution in [0.3, 0.4) is 0 Å². The number of aryl methyl sites for hydroxylation is 1. The second-order valence-corrected chi connectivity index (χ2v) is 7.77. The van der Waals surface area contributed by atoms with Crippen molar-refractivity contribution in [1.82, 2.24) is 0 Å². The highest BCUT2D eigenvalue weighted by Crippen LogP contribution is 2.42. The zero-order valence-electron chi connectivity index (χ0n) is 17.0. The van der Waals surface area contributed by atoms with Gasteiger partial charge in [0.25, 0.3) is 0 Å². The molecule has 142 valence electrons. The normalized spacial score (nSPS) is 17.0. The minimum Gasteiger partial charge on any atom is -0.321 e. The van der Waals surface area contributed by atoms with Crippen molar-refractivity contribution >= 4 is 5.57 Å². The van der Waals surface area contributed by atoms with E-state index in [0.717, 1.165) is 17.4 Å². The molecule has 0 aliphatic heterocycles. The molecule has 1 nitrogen and oxygen atoms in total. The van der Waals surface area contributed by atoms with Crippen molar-refractivity contribution in [3.05, 3.63) is 90.0 Å². The molecule has 0 bridgehead atoms. The average molecular weight is 361 g/mol. The van der Waals surface area contributed by atoms with E-state index in [9.17, 15) is 0 Å². The molecule has 1 unspecified atom stereocenters. The largest absolute Gasteiger partial charge is 0.321 e. The Morgan fingerprint density at radius 3 is 2.44 bits per heavy atom. The monoisotopic (exact) mass is 360 g/mol. The van der Waals surface area contributed by atoms with Crippen LogP contribution < -0.4 is 0 Å². The van der Waals surface area contributed by atoms with Crippen LogP contribution in [0, 0.1) is 0 Å². The summed E-state index contributed by atoms with van der Waals surface area (Å²) in [6.07, 6.45) is 8.17. The van der Waals surface area contributed by atoms with Gasteiger partial charge < -0.3 is 4.48 Å². The van der Waals surface area contributed by atoms with Crippen LogP contribution in [0.2, 0.25) is 0 Å². The van der Waals surface area contributed by atoms with Crippen molar-refractivity contribution in [2.45, 2.75) is 39.0 Å². The molecular weight excluding hydrogens is 326 g/mol. The van der Waals surface area contributed by atoms with E-state index in [2.05, 4.69) is 87.2 Å². The first-order valence-corrected chi connectivity index (χ1v) is 10.5. The summed E-state index contributed by atoms with van der Waals surface area (Å²) < 4.78 is 1.13. The number of fused-ring (bicyclic) bond motifs is 1. The summed E-state index contributed by atoms with van der Waals surface area (Å²) in [6, 6.07) is 20.0. The van der Waals surface area contributed by atoms with E-state index in [-0.39, 0.29) is 0 Å². The molecule has 0 saturated heterocycles. The van der Waals surface area contributed by atoms with E-state index in [1.54, 1.807) is 0 Å². The standard InChI is InChI=1S/C26H34N/c1-4-20-27(5-2,6-3)21-12-17-25(22-13-8-7-9-14-22)26-19-18-23-15-10-11-16-24(23)26/h4,7-11,13-17,26H,1,5-6,12,18-21H2,2-3H3/q+1. The van der Waals surface area contributed by atoms with Crippen LogP contribution in [0.4, 0.5) is 0 Å². The molecular formula is C26H34N+. The minimum atomic E-state index is 0.535. The number of allylic oxidation sites excluding steroid dienone is 1.